The average Bonchev–Trinajstić information content (AvgIpc) is 2.79. The first-order chi connectivity index (χ1) is 15.4. The summed E-state index contributed by atoms with van der Waals surface area (Å²) >= 11 is 6.41. The first-order valence-corrected chi connectivity index (χ1v) is 10.1. The maximum absolute atomic E-state index is 12.5. The van der Waals surface area contributed by atoms with Gasteiger partial charge in [-0.2, -0.15) is 5.26 Å². The van der Waals surface area contributed by atoms with Crippen molar-refractivity contribution in [2.45, 2.75) is 13.5 Å². The zero-order valence-corrected chi connectivity index (χ0v) is 18.3. The van der Waals surface area contributed by atoms with Crippen molar-refractivity contribution >= 4 is 29.3 Å². The van der Waals surface area contributed by atoms with Crippen molar-refractivity contribution in [3.05, 3.63) is 87.9 Å². The van der Waals surface area contributed by atoms with Gasteiger partial charge in [0.15, 0.2) is 11.5 Å². The molecule has 0 radical (unpaired) electrons. The molecule has 3 aromatic rings. The topological polar surface area (TPSA) is 91.6 Å². The molecule has 0 aromatic heterocycles. The van der Waals surface area contributed by atoms with E-state index >= 15 is 0 Å². The van der Waals surface area contributed by atoms with E-state index in [1.807, 2.05) is 37.3 Å². The van der Waals surface area contributed by atoms with Crippen molar-refractivity contribution in [3.63, 3.8) is 0 Å². The lowest BCUT2D eigenvalue weighted by Crippen LogP contribution is -2.13. The van der Waals surface area contributed by atoms with Gasteiger partial charge in [0, 0.05) is 5.69 Å². The number of carbonyl (C=O) groups is 1. The first kappa shape index (κ1) is 22.7. The summed E-state index contributed by atoms with van der Waals surface area (Å²) in [5.41, 5.74) is 2.97. The molecule has 0 aliphatic rings. The van der Waals surface area contributed by atoms with Crippen LogP contribution in [0.25, 0.3) is 6.08 Å². The molecule has 0 aliphatic heterocycles. The minimum Gasteiger partial charge on any atom is -0.508 e. The Hall–Kier alpha value is -3.95. The second kappa shape index (κ2) is 10.4. The van der Waals surface area contributed by atoms with Crippen molar-refractivity contribution in [2.75, 3.05) is 12.4 Å². The standard InChI is InChI=1S/C25H21ClN2O4/c1-16-3-5-17(6-4-16)15-32-24-22(26)12-18(13-23(24)31-2)11-19(14-27)25(30)28-20-7-9-21(29)10-8-20/h3-13,29H,15H2,1-2H3,(H,28,30)/b19-11+. The van der Waals surface area contributed by atoms with E-state index in [4.69, 9.17) is 21.1 Å². The lowest BCUT2D eigenvalue weighted by Gasteiger charge is -2.14. The van der Waals surface area contributed by atoms with Crippen molar-refractivity contribution < 1.29 is 19.4 Å². The number of rotatable bonds is 7. The highest BCUT2D eigenvalue weighted by Gasteiger charge is 2.14. The molecule has 32 heavy (non-hydrogen) atoms. The normalized spacial score (nSPS) is 10.9. The number of phenols is 1. The van der Waals surface area contributed by atoms with Gasteiger partial charge in [-0.05, 0) is 60.5 Å². The molecule has 7 heteroatoms. The Balaban J connectivity index is 1.80. The molecule has 0 heterocycles. The highest BCUT2D eigenvalue weighted by Crippen LogP contribution is 2.37. The maximum Gasteiger partial charge on any atom is 0.266 e. The van der Waals surface area contributed by atoms with E-state index < -0.39 is 5.91 Å². The number of hydrogen-bond acceptors (Lipinski definition) is 5. The van der Waals surface area contributed by atoms with Crippen LogP contribution in [0.3, 0.4) is 0 Å². The van der Waals surface area contributed by atoms with Crippen molar-refractivity contribution in [1.82, 2.24) is 0 Å². The van der Waals surface area contributed by atoms with Gasteiger partial charge < -0.3 is 19.9 Å². The fraction of sp³-hybridized carbons (Fsp3) is 0.120. The molecule has 6 nitrogen and oxygen atoms in total. The molecule has 0 spiro atoms. The molecule has 2 N–H and O–H groups in total. The minimum atomic E-state index is -0.590. The largest absolute Gasteiger partial charge is 0.508 e. The Labute approximate surface area is 191 Å². The lowest BCUT2D eigenvalue weighted by molar-refractivity contribution is -0.112. The van der Waals surface area contributed by atoms with Crippen molar-refractivity contribution in [1.29, 1.82) is 5.26 Å². The zero-order chi connectivity index (χ0) is 23.1. The molecule has 3 aromatic carbocycles. The molecule has 0 unspecified atom stereocenters. The number of methoxy groups -OCH3 is 1. The number of halogens is 1. The Bertz CT molecular complexity index is 1180. The molecule has 0 saturated heterocycles. The van der Waals surface area contributed by atoms with Crippen LogP contribution in [0.5, 0.6) is 17.2 Å². The van der Waals surface area contributed by atoms with Gasteiger partial charge in [0.25, 0.3) is 5.91 Å². The van der Waals surface area contributed by atoms with E-state index in [1.165, 1.54) is 37.5 Å². The molecule has 3 rings (SSSR count). The highest BCUT2D eigenvalue weighted by atomic mass is 35.5. The van der Waals surface area contributed by atoms with Gasteiger partial charge >= 0.3 is 0 Å². The molecular weight excluding hydrogens is 428 g/mol. The van der Waals surface area contributed by atoms with Gasteiger partial charge in [-0.25, -0.2) is 0 Å². The number of anilines is 1. The third-order valence-corrected chi connectivity index (χ3v) is 4.84. The number of aryl methyl sites for hydroxylation is 1. The summed E-state index contributed by atoms with van der Waals surface area (Å²) in [5, 5.41) is 21.7. The number of aromatic hydroxyl groups is 1. The van der Waals surface area contributed by atoms with E-state index in [0.29, 0.717) is 34.4 Å². The zero-order valence-electron chi connectivity index (χ0n) is 17.6. The summed E-state index contributed by atoms with van der Waals surface area (Å²) in [5.74, 6) is 0.240. The fourth-order valence-corrected chi connectivity index (χ4v) is 3.14. The number of ether oxygens (including phenoxy) is 2. The number of nitrogens with one attached hydrogen (secondary N) is 1. The Kier molecular flexibility index (Phi) is 7.37. The highest BCUT2D eigenvalue weighted by molar-refractivity contribution is 6.32. The molecule has 0 aliphatic carbocycles. The van der Waals surface area contributed by atoms with Crippen LogP contribution in [0.15, 0.2) is 66.2 Å². The average molecular weight is 449 g/mol. The predicted molar refractivity (Wildman–Crippen MR) is 124 cm³/mol. The van der Waals surface area contributed by atoms with Crippen LogP contribution in [-0.4, -0.2) is 18.1 Å². The summed E-state index contributed by atoms with van der Waals surface area (Å²) in [6.45, 7) is 2.32. The van der Waals surface area contributed by atoms with Gasteiger partial charge in [-0.1, -0.05) is 41.4 Å². The van der Waals surface area contributed by atoms with E-state index in [2.05, 4.69) is 5.32 Å². The number of nitriles is 1. The third kappa shape index (κ3) is 5.81. The number of nitrogens with zero attached hydrogens (tertiary/aromatic N) is 1. The van der Waals surface area contributed by atoms with E-state index in [0.717, 1.165) is 11.1 Å². The van der Waals surface area contributed by atoms with E-state index in [9.17, 15) is 15.2 Å². The van der Waals surface area contributed by atoms with Gasteiger partial charge in [0.05, 0.1) is 12.1 Å². The summed E-state index contributed by atoms with van der Waals surface area (Å²) in [7, 11) is 1.49. The Morgan fingerprint density at radius 2 is 1.84 bits per heavy atom. The molecule has 0 fully saturated rings. The summed E-state index contributed by atoms with van der Waals surface area (Å²) in [4.78, 5) is 12.5. The van der Waals surface area contributed by atoms with Crippen LogP contribution in [0.1, 0.15) is 16.7 Å². The van der Waals surface area contributed by atoms with Crippen LogP contribution in [0, 0.1) is 18.3 Å². The monoisotopic (exact) mass is 448 g/mol. The second-order valence-electron chi connectivity index (χ2n) is 6.98. The number of phenolic OH excluding ortho intramolecular Hbond substituents is 1. The summed E-state index contributed by atoms with van der Waals surface area (Å²) in [6.07, 6.45) is 1.41. The number of amides is 1. The SMILES string of the molecule is COc1cc(/C=C(\C#N)C(=O)Nc2ccc(O)cc2)cc(Cl)c1OCc1ccc(C)cc1. The molecule has 1 amide bonds. The molecule has 0 atom stereocenters. The molecule has 0 bridgehead atoms. The predicted octanol–water partition coefficient (Wildman–Crippen LogP) is 5.49. The summed E-state index contributed by atoms with van der Waals surface area (Å²) in [6, 6.07) is 19.0. The Morgan fingerprint density at radius 3 is 2.47 bits per heavy atom. The van der Waals surface area contributed by atoms with Crippen LogP contribution in [0.4, 0.5) is 5.69 Å². The third-order valence-electron chi connectivity index (χ3n) is 4.56. The van der Waals surface area contributed by atoms with Crippen LogP contribution in [-0.2, 0) is 11.4 Å². The lowest BCUT2D eigenvalue weighted by atomic mass is 10.1. The first-order valence-electron chi connectivity index (χ1n) is 9.67. The van der Waals surface area contributed by atoms with Gasteiger partial charge in [-0.15, -0.1) is 0 Å². The van der Waals surface area contributed by atoms with Crippen molar-refractivity contribution in [2.24, 2.45) is 0 Å². The number of carbonyl (C=O) groups excluding carboxylic acids is 1. The number of hydrogen-bond donors (Lipinski definition) is 2. The second-order valence-corrected chi connectivity index (χ2v) is 7.39. The van der Waals surface area contributed by atoms with Crippen LogP contribution < -0.4 is 14.8 Å². The summed E-state index contributed by atoms with van der Waals surface area (Å²) < 4.78 is 11.3. The smallest absolute Gasteiger partial charge is 0.266 e. The number of benzene rings is 3. The molecule has 0 saturated carbocycles. The van der Waals surface area contributed by atoms with E-state index in [-0.39, 0.29) is 11.3 Å². The minimum absolute atomic E-state index is 0.0745. The van der Waals surface area contributed by atoms with Gasteiger partial charge in [0.2, 0.25) is 0 Å². The Morgan fingerprint density at radius 1 is 1.16 bits per heavy atom. The van der Waals surface area contributed by atoms with Gasteiger partial charge in [-0.3, -0.25) is 4.79 Å². The van der Waals surface area contributed by atoms with Crippen molar-refractivity contribution in [3.8, 4) is 23.3 Å². The quantitative estimate of drug-likeness (QED) is 0.283. The maximum atomic E-state index is 12.5. The van der Waals surface area contributed by atoms with Crippen LogP contribution in [0.2, 0.25) is 5.02 Å². The molecule has 162 valence electrons. The van der Waals surface area contributed by atoms with Crippen LogP contribution >= 0.6 is 11.6 Å². The fourth-order valence-electron chi connectivity index (χ4n) is 2.86. The molecular formula is C25H21ClN2O4. The van der Waals surface area contributed by atoms with E-state index in [1.54, 1.807) is 12.1 Å². The van der Waals surface area contributed by atoms with Gasteiger partial charge in [0.1, 0.15) is 24.0 Å².